The molecular formula is C17H28N2. The summed E-state index contributed by atoms with van der Waals surface area (Å²) in [6, 6.07) is 7.10. The molecular weight excluding hydrogens is 232 g/mol. The van der Waals surface area contributed by atoms with Gasteiger partial charge in [0.2, 0.25) is 0 Å². The molecule has 1 aliphatic rings. The Morgan fingerprint density at radius 2 is 2.11 bits per heavy atom. The van der Waals surface area contributed by atoms with Crippen molar-refractivity contribution in [2.75, 3.05) is 18.0 Å². The Hall–Kier alpha value is -1.02. The minimum absolute atomic E-state index is 0.238. The fourth-order valence-corrected chi connectivity index (χ4v) is 2.86. The standard InChI is InChI=1S/C17H28N2/c1-4-19(12-15-6-5-7-15)17-9-8-16(11-14(3)18)13(2)10-17/h8-10,14-15H,4-7,11-12,18H2,1-3H3. The number of hydrogen-bond acceptors (Lipinski definition) is 2. The zero-order valence-corrected chi connectivity index (χ0v) is 12.7. The molecule has 2 rings (SSSR count). The molecule has 1 unspecified atom stereocenters. The van der Waals surface area contributed by atoms with Crippen molar-refractivity contribution < 1.29 is 0 Å². The predicted octanol–water partition coefficient (Wildman–Crippen LogP) is 3.51. The third-order valence-corrected chi connectivity index (χ3v) is 4.32. The van der Waals surface area contributed by atoms with Gasteiger partial charge in [0.1, 0.15) is 0 Å². The minimum atomic E-state index is 0.238. The Balaban J connectivity index is 2.07. The molecule has 0 radical (unpaired) electrons. The topological polar surface area (TPSA) is 29.3 Å². The number of anilines is 1. The number of nitrogens with zero attached hydrogens (tertiary/aromatic N) is 1. The van der Waals surface area contributed by atoms with Gasteiger partial charge in [0.05, 0.1) is 0 Å². The van der Waals surface area contributed by atoms with E-state index in [9.17, 15) is 0 Å². The lowest BCUT2D eigenvalue weighted by Crippen LogP contribution is -2.32. The van der Waals surface area contributed by atoms with E-state index in [1.165, 1.54) is 42.6 Å². The van der Waals surface area contributed by atoms with E-state index in [2.05, 4.69) is 43.9 Å². The van der Waals surface area contributed by atoms with Crippen LogP contribution in [-0.4, -0.2) is 19.1 Å². The second-order valence-corrected chi connectivity index (χ2v) is 6.13. The molecule has 2 N–H and O–H groups in total. The zero-order valence-electron chi connectivity index (χ0n) is 12.7. The highest BCUT2D eigenvalue weighted by Gasteiger charge is 2.20. The zero-order chi connectivity index (χ0) is 13.8. The van der Waals surface area contributed by atoms with Crippen LogP contribution >= 0.6 is 0 Å². The van der Waals surface area contributed by atoms with E-state index in [0.29, 0.717) is 0 Å². The third-order valence-electron chi connectivity index (χ3n) is 4.32. The highest BCUT2D eigenvalue weighted by atomic mass is 15.1. The SMILES string of the molecule is CCN(CC1CCC1)c1ccc(CC(C)N)c(C)c1. The van der Waals surface area contributed by atoms with Crippen molar-refractivity contribution in [2.24, 2.45) is 11.7 Å². The van der Waals surface area contributed by atoms with Crippen LogP contribution in [0, 0.1) is 12.8 Å². The monoisotopic (exact) mass is 260 g/mol. The summed E-state index contributed by atoms with van der Waals surface area (Å²) in [5.74, 6) is 0.920. The van der Waals surface area contributed by atoms with Gasteiger partial charge in [-0.05, 0) is 69.2 Å². The Morgan fingerprint density at radius 3 is 2.58 bits per heavy atom. The summed E-state index contributed by atoms with van der Waals surface area (Å²) in [5.41, 5.74) is 10.0. The number of nitrogens with two attached hydrogens (primary N) is 1. The fourth-order valence-electron chi connectivity index (χ4n) is 2.86. The summed E-state index contributed by atoms with van der Waals surface area (Å²) in [6.07, 6.45) is 5.23. The summed E-state index contributed by atoms with van der Waals surface area (Å²) < 4.78 is 0. The molecule has 0 spiro atoms. The van der Waals surface area contributed by atoms with Gasteiger partial charge in [-0.2, -0.15) is 0 Å². The average Bonchev–Trinajstić information content (AvgIpc) is 2.30. The van der Waals surface area contributed by atoms with Crippen LogP contribution < -0.4 is 10.6 Å². The maximum absolute atomic E-state index is 5.90. The number of benzene rings is 1. The molecule has 0 aromatic heterocycles. The van der Waals surface area contributed by atoms with Gasteiger partial charge in [-0.3, -0.25) is 0 Å². The summed E-state index contributed by atoms with van der Waals surface area (Å²) in [7, 11) is 0. The first-order chi connectivity index (χ1) is 9.10. The highest BCUT2D eigenvalue weighted by molar-refractivity contribution is 5.51. The van der Waals surface area contributed by atoms with E-state index < -0.39 is 0 Å². The molecule has 0 heterocycles. The largest absolute Gasteiger partial charge is 0.372 e. The molecule has 1 saturated carbocycles. The van der Waals surface area contributed by atoms with E-state index in [1.54, 1.807) is 0 Å². The second kappa shape index (κ2) is 6.42. The van der Waals surface area contributed by atoms with Crippen molar-refractivity contribution in [2.45, 2.75) is 52.5 Å². The summed E-state index contributed by atoms with van der Waals surface area (Å²) >= 11 is 0. The molecule has 0 amide bonds. The molecule has 1 fully saturated rings. The first-order valence-electron chi connectivity index (χ1n) is 7.70. The lowest BCUT2D eigenvalue weighted by Gasteiger charge is -2.33. The fraction of sp³-hybridized carbons (Fsp3) is 0.647. The van der Waals surface area contributed by atoms with Crippen LogP contribution in [0.5, 0.6) is 0 Å². The molecule has 2 heteroatoms. The smallest absolute Gasteiger partial charge is 0.0369 e. The quantitative estimate of drug-likeness (QED) is 0.848. The van der Waals surface area contributed by atoms with Gasteiger partial charge in [-0.15, -0.1) is 0 Å². The van der Waals surface area contributed by atoms with E-state index >= 15 is 0 Å². The van der Waals surface area contributed by atoms with Crippen LogP contribution in [0.15, 0.2) is 18.2 Å². The van der Waals surface area contributed by atoms with Crippen molar-refractivity contribution in [1.29, 1.82) is 0 Å². The molecule has 2 nitrogen and oxygen atoms in total. The number of rotatable bonds is 6. The van der Waals surface area contributed by atoms with Crippen molar-refractivity contribution in [1.82, 2.24) is 0 Å². The Labute approximate surface area is 118 Å². The van der Waals surface area contributed by atoms with Crippen LogP contribution in [0.3, 0.4) is 0 Å². The van der Waals surface area contributed by atoms with Crippen LogP contribution in [0.4, 0.5) is 5.69 Å². The molecule has 19 heavy (non-hydrogen) atoms. The van der Waals surface area contributed by atoms with Gasteiger partial charge >= 0.3 is 0 Å². The van der Waals surface area contributed by atoms with E-state index in [1.807, 2.05) is 0 Å². The lowest BCUT2D eigenvalue weighted by molar-refractivity contribution is 0.318. The van der Waals surface area contributed by atoms with Gasteiger partial charge in [-0.25, -0.2) is 0 Å². The van der Waals surface area contributed by atoms with E-state index in [4.69, 9.17) is 5.73 Å². The average molecular weight is 260 g/mol. The van der Waals surface area contributed by atoms with E-state index in [-0.39, 0.29) is 6.04 Å². The Morgan fingerprint density at radius 1 is 1.37 bits per heavy atom. The van der Waals surface area contributed by atoms with Crippen molar-refractivity contribution >= 4 is 5.69 Å². The maximum Gasteiger partial charge on any atom is 0.0369 e. The van der Waals surface area contributed by atoms with Crippen LogP contribution in [0.25, 0.3) is 0 Å². The highest BCUT2D eigenvalue weighted by Crippen LogP contribution is 2.29. The number of aryl methyl sites for hydroxylation is 1. The first kappa shape index (κ1) is 14.4. The van der Waals surface area contributed by atoms with Crippen LogP contribution in [0.2, 0.25) is 0 Å². The molecule has 1 atom stereocenters. The van der Waals surface area contributed by atoms with Gasteiger partial charge in [0, 0.05) is 24.8 Å². The van der Waals surface area contributed by atoms with Crippen LogP contribution in [0.1, 0.15) is 44.2 Å². The van der Waals surface area contributed by atoms with Gasteiger partial charge in [0.25, 0.3) is 0 Å². The predicted molar refractivity (Wildman–Crippen MR) is 83.8 cm³/mol. The Kier molecular flexibility index (Phi) is 4.87. The third kappa shape index (κ3) is 3.73. The first-order valence-corrected chi connectivity index (χ1v) is 7.70. The lowest BCUT2D eigenvalue weighted by atomic mass is 9.85. The minimum Gasteiger partial charge on any atom is -0.372 e. The van der Waals surface area contributed by atoms with Gasteiger partial charge < -0.3 is 10.6 Å². The van der Waals surface area contributed by atoms with Crippen molar-refractivity contribution in [3.05, 3.63) is 29.3 Å². The Bertz CT molecular complexity index is 408. The normalized spacial score (nSPS) is 17.1. The molecule has 1 aromatic carbocycles. The number of hydrogen-bond donors (Lipinski definition) is 1. The van der Waals surface area contributed by atoms with Crippen molar-refractivity contribution in [3.63, 3.8) is 0 Å². The van der Waals surface area contributed by atoms with Crippen LogP contribution in [-0.2, 0) is 6.42 Å². The summed E-state index contributed by atoms with van der Waals surface area (Å²) in [4.78, 5) is 2.52. The molecule has 1 aromatic rings. The van der Waals surface area contributed by atoms with E-state index in [0.717, 1.165) is 18.9 Å². The summed E-state index contributed by atoms with van der Waals surface area (Å²) in [5, 5.41) is 0. The molecule has 106 valence electrons. The summed E-state index contributed by atoms with van der Waals surface area (Å²) in [6.45, 7) is 8.86. The molecule has 0 aliphatic heterocycles. The second-order valence-electron chi connectivity index (χ2n) is 6.13. The van der Waals surface area contributed by atoms with Gasteiger partial charge in [0.15, 0.2) is 0 Å². The molecule has 0 bridgehead atoms. The molecule has 0 saturated heterocycles. The van der Waals surface area contributed by atoms with Crippen molar-refractivity contribution in [3.8, 4) is 0 Å². The molecule has 1 aliphatic carbocycles. The maximum atomic E-state index is 5.90. The van der Waals surface area contributed by atoms with Gasteiger partial charge in [-0.1, -0.05) is 12.5 Å².